The Kier molecular flexibility index (Phi) is 6.06. The Morgan fingerprint density at radius 1 is 1.17 bits per heavy atom. The number of rotatable bonds is 3. The summed E-state index contributed by atoms with van der Waals surface area (Å²) in [5.41, 5.74) is 0.270. The Labute approximate surface area is 140 Å². The molecule has 0 aliphatic carbocycles. The van der Waals surface area contributed by atoms with Gasteiger partial charge in [-0.05, 0) is 66.1 Å². The number of likely N-dealkylation sites (tertiary alicyclic amines) is 2. The van der Waals surface area contributed by atoms with Crippen molar-refractivity contribution in [2.24, 2.45) is 0 Å². The van der Waals surface area contributed by atoms with Crippen LogP contribution < -0.4 is 0 Å². The normalized spacial score (nSPS) is 27.6. The molecule has 0 spiro atoms. The van der Waals surface area contributed by atoms with E-state index >= 15 is 0 Å². The Morgan fingerprint density at radius 3 is 2.26 bits per heavy atom. The van der Waals surface area contributed by atoms with Gasteiger partial charge >= 0.3 is 0 Å². The molecule has 0 saturated carbocycles. The molecule has 23 heavy (non-hydrogen) atoms. The van der Waals surface area contributed by atoms with Gasteiger partial charge in [-0.15, -0.1) is 0 Å². The van der Waals surface area contributed by atoms with Crippen LogP contribution in [0.1, 0.15) is 46.0 Å². The summed E-state index contributed by atoms with van der Waals surface area (Å²) in [5.74, 6) is -0.132. The lowest BCUT2D eigenvalue weighted by Crippen LogP contribution is -2.45. The monoisotopic (exact) mass is 318 g/mol. The topological polar surface area (TPSA) is 50.6 Å². The number of hydrogen-bond acceptors (Lipinski definition) is 4. The number of amides is 1. The van der Waals surface area contributed by atoms with Crippen molar-refractivity contribution in [2.45, 2.75) is 64.1 Å². The quantitative estimate of drug-likeness (QED) is 0.591. The zero-order chi connectivity index (χ0) is 17.0. The number of hydrogen-bond donors (Lipinski definition) is 0. The summed E-state index contributed by atoms with van der Waals surface area (Å²) in [4.78, 5) is 19.0. The van der Waals surface area contributed by atoms with Gasteiger partial charge in [0, 0.05) is 31.4 Å². The molecule has 2 aliphatic rings. The van der Waals surface area contributed by atoms with Crippen molar-refractivity contribution >= 4 is 5.91 Å². The molecule has 2 aliphatic heterocycles. The van der Waals surface area contributed by atoms with Crippen molar-refractivity contribution in [3.8, 4) is 6.07 Å². The van der Waals surface area contributed by atoms with E-state index in [-0.39, 0.29) is 17.5 Å². The second kappa shape index (κ2) is 7.83. The van der Waals surface area contributed by atoms with Crippen LogP contribution in [0.3, 0.4) is 0 Å². The van der Waals surface area contributed by atoms with Crippen molar-refractivity contribution in [2.75, 3.05) is 27.2 Å². The number of nitrogens with zero attached hydrogens (tertiary/aromatic N) is 4. The molecular weight excluding hydrogens is 288 g/mol. The van der Waals surface area contributed by atoms with Gasteiger partial charge in [0.15, 0.2) is 0 Å². The summed E-state index contributed by atoms with van der Waals surface area (Å²) >= 11 is 0. The molecule has 2 heterocycles. The zero-order valence-electron chi connectivity index (χ0n) is 15.0. The van der Waals surface area contributed by atoms with Crippen LogP contribution in [-0.4, -0.2) is 65.9 Å². The zero-order valence-corrected chi connectivity index (χ0v) is 15.0. The first-order valence-electron chi connectivity index (χ1n) is 8.79. The van der Waals surface area contributed by atoms with Crippen molar-refractivity contribution in [1.82, 2.24) is 14.7 Å². The van der Waals surface area contributed by atoms with Crippen LogP contribution in [0.15, 0.2) is 11.8 Å². The second-order valence-corrected chi connectivity index (χ2v) is 7.18. The van der Waals surface area contributed by atoms with E-state index < -0.39 is 0 Å². The molecule has 2 rings (SSSR count). The lowest BCUT2D eigenvalue weighted by molar-refractivity contribution is -0.128. The van der Waals surface area contributed by atoms with Gasteiger partial charge in [-0.1, -0.05) is 0 Å². The second-order valence-electron chi connectivity index (χ2n) is 7.18. The van der Waals surface area contributed by atoms with E-state index in [2.05, 4.69) is 36.8 Å². The molecule has 2 saturated heterocycles. The van der Waals surface area contributed by atoms with E-state index in [0.29, 0.717) is 12.1 Å². The highest BCUT2D eigenvalue weighted by Gasteiger charge is 2.28. The predicted molar refractivity (Wildman–Crippen MR) is 91.6 cm³/mol. The molecule has 5 heteroatoms. The third kappa shape index (κ3) is 4.26. The molecule has 0 N–H and O–H groups in total. The highest BCUT2D eigenvalue weighted by Crippen LogP contribution is 2.24. The van der Waals surface area contributed by atoms with E-state index in [4.69, 9.17) is 0 Å². The Balaban J connectivity index is 2.08. The highest BCUT2D eigenvalue weighted by molar-refractivity contribution is 5.97. The Bertz CT molecular complexity index is 478. The van der Waals surface area contributed by atoms with E-state index in [1.165, 1.54) is 6.42 Å². The van der Waals surface area contributed by atoms with E-state index in [1.54, 1.807) is 4.90 Å². The fourth-order valence-corrected chi connectivity index (χ4v) is 3.71. The molecule has 0 aromatic carbocycles. The maximum absolute atomic E-state index is 12.7. The van der Waals surface area contributed by atoms with Gasteiger partial charge in [0.1, 0.15) is 11.6 Å². The lowest BCUT2D eigenvalue weighted by Gasteiger charge is -2.39. The van der Waals surface area contributed by atoms with Crippen LogP contribution >= 0.6 is 0 Å². The third-order valence-corrected chi connectivity index (χ3v) is 5.45. The summed E-state index contributed by atoms with van der Waals surface area (Å²) in [5, 5.41) is 9.49. The predicted octanol–water partition coefficient (Wildman–Crippen LogP) is 2.21. The lowest BCUT2D eigenvalue weighted by atomic mass is 9.97. The van der Waals surface area contributed by atoms with Gasteiger partial charge in [0.25, 0.3) is 5.91 Å². The number of carbonyl (C=O) groups is 1. The first-order chi connectivity index (χ1) is 10.9. The number of nitriles is 1. The van der Waals surface area contributed by atoms with Crippen LogP contribution in [0.2, 0.25) is 0 Å². The van der Waals surface area contributed by atoms with Crippen molar-refractivity contribution < 1.29 is 4.79 Å². The van der Waals surface area contributed by atoms with Gasteiger partial charge < -0.3 is 14.7 Å². The van der Waals surface area contributed by atoms with E-state index in [0.717, 1.165) is 38.8 Å². The van der Waals surface area contributed by atoms with Crippen LogP contribution in [0, 0.1) is 11.3 Å². The summed E-state index contributed by atoms with van der Waals surface area (Å²) in [7, 11) is 3.95. The molecule has 2 unspecified atom stereocenters. The van der Waals surface area contributed by atoms with Crippen molar-refractivity contribution in [3.63, 3.8) is 0 Å². The molecule has 2 fully saturated rings. The SMILES string of the molecule is CC1CCCC(C)N1/C=C(/C#N)C(=O)N(C)C1CCN(C)CC1. The first-order valence-corrected chi connectivity index (χ1v) is 8.79. The molecular formula is C18H30N4O. The first kappa shape index (κ1) is 17.8. The summed E-state index contributed by atoms with van der Waals surface area (Å²) in [6.07, 6.45) is 7.24. The Hall–Kier alpha value is -1.54. The average molecular weight is 318 g/mol. The molecule has 2 atom stereocenters. The molecule has 0 radical (unpaired) electrons. The summed E-state index contributed by atoms with van der Waals surface area (Å²) in [6.45, 7) is 6.36. The van der Waals surface area contributed by atoms with E-state index in [9.17, 15) is 10.1 Å². The van der Waals surface area contributed by atoms with Crippen molar-refractivity contribution in [1.29, 1.82) is 5.26 Å². The number of likely N-dealkylation sites (N-methyl/N-ethyl adjacent to an activating group) is 1. The van der Waals surface area contributed by atoms with Gasteiger partial charge in [0.2, 0.25) is 0 Å². The summed E-state index contributed by atoms with van der Waals surface area (Å²) in [6, 6.07) is 3.16. The molecule has 0 bridgehead atoms. The third-order valence-electron chi connectivity index (χ3n) is 5.45. The standard InChI is InChI=1S/C18H30N4O/c1-14-6-5-7-15(2)22(14)13-16(12-19)18(23)21(4)17-8-10-20(3)11-9-17/h13-15,17H,5-11H2,1-4H3/b16-13-. The number of piperidine rings is 2. The average Bonchev–Trinajstić information content (AvgIpc) is 2.54. The largest absolute Gasteiger partial charge is 0.371 e. The minimum atomic E-state index is -0.132. The van der Waals surface area contributed by atoms with Crippen LogP contribution in [-0.2, 0) is 4.79 Å². The van der Waals surface area contributed by atoms with Gasteiger partial charge in [-0.3, -0.25) is 4.79 Å². The van der Waals surface area contributed by atoms with Crippen LogP contribution in [0.25, 0.3) is 0 Å². The van der Waals surface area contributed by atoms with Gasteiger partial charge in [-0.2, -0.15) is 5.26 Å². The molecule has 0 aromatic heterocycles. The molecule has 1 amide bonds. The molecule has 0 aromatic rings. The van der Waals surface area contributed by atoms with Crippen molar-refractivity contribution in [3.05, 3.63) is 11.8 Å². The maximum Gasteiger partial charge on any atom is 0.265 e. The van der Waals surface area contributed by atoms with Crippen LogP contribution in [0.4, 0.5) is 0 Å². The fourth-order valence-electron chi connectivity index (χ4n) is 3.71. The molecule has 5 nitrogen and oxygen atoms in total. The minimum absolute atomic E-state index is 0.132. The van der Waals surface area contributed by atoms with Gasteiger partial charge in [-0.25, -0.2) is 0 Å². The van der Waals surface area contributed by atoms with Crippen LogP contribution in [0.5, 0.6) is 0 Å². The van der Waals surface area contributed by atoms with E-state index in [1.807, 2.05) is 13.2 Å². The number of carbonyl (C=O) groups excluding carboxylic acids is 1. The smallest absolute Gasteiger partial charge is 0.265 e. The van der Waals surface area contributed by atoms with Gasteiger partial charge in [0.05, 0.1) is 0 Å². The maximum atomic E-state index is 12.7. The molecule has 128 valence electrons. The summed E-state index contributed by atoms with van der Waals surface area (Å²) < 4.78 is 0. The minimum Gasteiger partial charge on any atom is -0.371 e. The Morgan fingerprint density at radius 2 is 1.74 bits per heavy atom. The fraction of sp³-hybridized carbons (Fsp3) is 0.778. The highest BCUT2D eigenvalue weighted by atomic mass is 16.2.